The van der Waals surface area contributed by atoms with Crippen LogP contribution in [0.25, 0.3) is 0 Å². The molecule has 0 radical (unpaired) electrons. The number of thiophene rings is 1. The Kier molecular flexibility index (Phi) is 3.82. The van der Waals surface area contributed by atoms with E-state index in [4.69, 9.17) is 10.5 Å². The Hall–Kier alpha value is -1.53. The quantitative estimate of drug-likeness (QED) is 0.931. The maximum Gasteiger partial charge on any atom is 0.416 e. The average molecular weight is 287 g/mol. The molecule has 0 spiro atoms. The van der Waals surface area contributed by atoms with Gasteiger partial charge < -0.3 is 10.5 Å². The Morgan fingerprint density at radius 2 is 1.79 bits per heavy atom. The van der Waals surface area contributed by atoms with Gasteiger partial charge in [0.25, 0.3) is 0 Å². The summed E-state index contributed by atoms with van der Waals surface area (Å²) in [7, 11) is 1.53. The van der Waals surface area contributed by atoms with Crippen molar-refractivity contribution in [3.05, 3.63) is 51.7 Å². The van der Waals surface area contributed by atoms with Crippen molar-refractivity contribution < 1.29 is 17.9 Å². The molecule has 19 heavy (non-hydrogen) atoms. The van der Waals surface area contributed by atoms with E-state index in [0.29, 0.717) is 11.3 Å². The summed E-state index contributed by atoms with van der Waals surface area (Å²) in [6.45, 7) is 0. The van der Waals surface area contributed by atoms with E-state index in [0.717, 1.165) is 17.0 Å². The summed E-state index contributed by atoms with van der Waals surface area (Å²) in [5.74, 6) is 0.650. The second kappa shape index (κ2) is 5.22. The molecule has 0 aliphatic carbocycles. The highest BCUT2D eigenvalue weighted by atomic mass is 32.1. The van der Waals surface area contributed by atoms with Crippen LogP contribution >= 0.6 is 11.3 Å². The number of nitrogens with two attached hydrogens (primary N) is 1. The highest BCUT2D eigenvalue weighted by Gasteiger charge is 2.30. The molecule has 0 saturated carbocycles. The van der Waals surface area contributed by atoms with Crippen molar-refractivity contribution in [3.8, 4) is 5.75 Å². The highest BCUT2D eigenvalue weighted by molar-refractivity contribution is 7.10. The minimum atomic E-state index is -4.33. The van der Waals surface area contributed by atoms with Gasteiger partial charge in [0.2, 0.25) is 0 Å². The van der Waals surface area contributed by atoms with Crippen LogP contribution < -0.4 is 10.5 Å². The maximum atomic E-state index is 12.5. The second-order valence-corrected chi connectivity index (χ2v) is 4.90. The van der Waals surface area contributed by atoms with E-state index in [2.05, 4.69) is 0 Å². The van der Waals surface area contributed by atoms with Gasteiger partial charge in [0.05, 0.1) is 23.6 Å². The van der Waals surface area contributed by atoms with Gasteiger partial charge >= 0.3 is 6.18 Å². The number of benzene rings is 1. The molecule has 1 unspecified atom stereocenters. The molecule has 0 aliphatic rings. The molecule has 1 heterocycles. The smallest absolute Gasteiger partial charge is 0.416 e. The fourth-order valence-corrected chi connectivity index (χ4v) is 2.62. The van der Waals surface area contributed by atoms with Gasteiger partial charge in [-0.1, -0.05) is 12.1 Å². The maximum absolute atomic E-state index is 12.5. The first-order valence-corrected chi connectivity index (χ1v) is 6.35. The summed E-state index contributed by atoms with van der Waals surface area (Å²) in [5, 5.41) is 1.83. The number of hydrogen-bond donors (Lipinski definition) is 1. The number of methoxy groups -OCH3 is 1. The molecular weight excluding hydrogens is 275 g/mol. The summed E-state index contributed by atoms with van der Waals surface area (Å²) in [4.78, 5) is 0.794. The minimum absolute atomic E-state index is 0.489. The third-order valence-electron chi connectivity index (χ3n) is 2.76. The van der Waals surface area contributed by atoms with Crippen molar-refractivity contribution >= 4 is 11.3 Å². The van der Waals surface area contributed by atoms with Gasteiger partial charge in [-0.05, 0) is 29.1 Å². The minimum Gasteiger partial charge on any atom is -0.496 e. The van der Waals surface area contributed by atoms with Crippen LogP contribution in [0.5, 0.6) is 5.75 Å². The standard InChI is InChI=1S/C13H12F3NOS/c1-18-10-6-7-19-12(10)11(17)8-2-4-9(5-3-8)13(14,15)16/h2-7,11H,17H2,1H3. The summed E-state index contributed by atoms with van der Waals surface area (Å²) in [6, 6.07) is 6.16. The van der Waals surface area contributed by atoms with Gasteiger partial charge in [-0.2, -0.15) is 13.2 Å². The molecule has 2 rings (SSSR count). The molecular formula is C13H12F3NOS. The number of rotatable bonds is 3. The summed E-state index contributed by atoms with van der Waals surface area (Å²) in [6.07, 6.45) is -4.33. The summed E-state index contributed by atoms with van der Waals surface area (Å²) < 4.78 is 42.5. The fourth-order valence-electron chi connectivity index (χ4n) is 1.74. The summed E-state index contributed by atoms with van der Waals surface area (Å²) in [5.41, 5.74) is 5.99. The van der Waals surface area contributed by atoms with Crippen LogP contribution in [-0.2, 0) is 6.18 Å². The Labute approximate surface area is 112 Å². The van der Waals surface area contributed by atoms with Crippen molar-refractivity contribution in [2.75, 3.05) is 7.11 Å². The Balaban J connectivity index is 2.28. The first kappa shape index (κ1) is 13.9. The lowest BCUT2D eigenvalue weighted by Crippen LogP contribution is -2.12. The topological polar surface area (TPSA) is 35.2 Å². The number of ether oxygens (including phenoxy) is 1. The van der Waals surface area contributed by atoms with E-state index >= 15 is 0 Å². The Morgan fingerprint density at radius 1 is 1.16 bits per heavy atom. The van der Waals surface area contributed by atoms with Gasteiger partial charge in [0, 0.05) is 0 Å². The molecule has 6 heteroatoms. The van der Waals surface area contributed by atoms with Crippen LogP contribution in [0.1, 0.15) is 22.0 Å². The van der Waals surface area contributed by atoms with Gasteiger partial charge in [0.1, 0.15) is 5.75 Å². The van der Waals surface area contributed by atoms with Crippen molar-refractivity contribution in [2.24, 2.45) is 5.73 Å². The van der Waals surface area contributed by atoms with Gasteiger partial charge in [0.15, 0.2) is 0 Å². The van der Waals surface area contributed by atoms with E-state index < -0.39 is 17.8 Å². The first-order valence-electron chi connectivity index (χ1n) is 5.47. The van der Waals surface area contributed by atoms with Crippen molar-refractivity contribution in [1.29, 1.82) is 0 Å². The lowest BCUT2D eigenvalue weighted by molar-refractivity contribution is -0.137. The molecule has 1 aromatic heterocycles. The number of halogens is 3. The van der Waals surface area contributed by atoms with Crippen LogP contribution in [-0.4, -0.2) is 7.11 Å². The van der Waals surface area contributed by atoms with Gasteiger partial charge in [-0.15, -0.1) is 11.3 Å². The fraction of sp³-hybridized carbons (Fsp3) is 0.231. The monoisotopic (exact) mass is 287 g/mol. The van der Waals surface area contributed by atoms with Crippen LogP contribution in [0, 0.1) is 0 Å². The number of alkyl halides is 3. The normalized spacial score (nSPS) is 13.3. The number of hydrogen-bond acceptors (Lipinski definition) is 3. The molecule has 102 valence electrons. The largest absolute Gasteiger partial charge is 0.496 e. The lowest BCUT2D eigenvalue weighted by atomic mass is 10.0. The van der Waals surface area contributed by atoms with Crippen molar-refractivity contribution in [3.63, 3.8) is 0 Å². The van der Waals surface area contributed by atoms with E-state index in [-0.39, 0.29) is 0 Å². The Morgan fingerprint density at radius 3 is 2.32 bits per heavy atom. The Bertz CT molecular complexity index is 548. The van der Waals surface area contributed by atoms with E-state index in [9.17, 15) is 13.2 Å². The van der Waals surface area contributed by atoms with E-state index in [1.807, 2.05) is 5.38 Å². The second-order valence-electron chi connectivity index (χ2n) is 3.95. The van der Waals surface area contributed by atoms with Crippen LogP contribution in [0.15, 0.2) is 35.7 Å². The molecule has 2 N–H and O–H groups in total. The zero-order chi connectivity index (χ0) is 14.0. The molecule has 0 fully saturated rings. The molecule has 0 bridgehead atoms. The average Bonchev–Trinajstić information content (AvgIpc) is 2.85. The van der Waals surface area contributed by atoms with Crippen molar-refractivity contribution in [1.82, 2.24) is 0 Å². The zero-order valence-electron chi connectivity index (χ0n) is 10.1. The predicted octanol–water partition coefficient (Wildman–Crippen LogP) is 3.82. The highest BCUT2D eigenvalue weighted by Crippen LogP contribution is 2.35. The van der Waals surface area contributed by atoms with E-state index in [1.165, 1.54) is 30.6 Å². The summed E-state index contributed by atoms with van der Waals surface area (Å²) >= 11 is 1.41. The van der Waals surface area contributed by atoms with Gasteiger partial charge in [-0.25, -0.2) is 0 Å². The lowest BCUT2D eigenvalue weighted by Gasteiger charge is -2.13. The predicted molar refractivity (Wildman–Crippen MR) is 68.3 cm³/mol. The van der Waals surface area contributed by atoms with Crippen LogP contribution in [0.2, 0.25) is 0 Å². The molecule has 1 aromatic carbocycles. The molecule has 2 nitrogen and oxygen atoms in total. The molecule has 0 aliphatic heterocycles. The third-order valence-corrected chi connectivity index (χ3v) is 3.74. The van der Waals surface area contributed by atoms with Crippen LogP contribution in [0.3, 0.4) is 0 Å². The van der Waals surface area contributed by atoms with E-state index in [1.54, 1.807) is 6.07 Å². The van der Waals surface area contributed by atoms with Crippen molar-refractivity contribution in [2.45, 2.75) is 12.2 Å². The SMILES string of the molecule is COc1ccsc1C(N)c1ccc(C(F)(F)F)cc1. The zero-order valence-corrected chi connectivity index (χ0v) is 10.9. The third kappa shape index (κ3) is 2.90. The molecule has 0 amide bonds. The molecule has 1 atom stereocenters. The molecule has 0 saturated heterocycles. The first-order chi connectivity index (χ1) is 8.93. The molecule has 2 aromatic rings. The van der Waals surface area contributed by atoms with Gasteiger partial charge in [-0.3, -0.25) is 0 Å². The van der Waals surface area contributed by atoms with Crippen LogP contribution in [0.4, 0.5) is 13.2 Å².